The Morgan fingerprint density at radius 3 is 2.39 bits per heavy atom. The van der Waals surface area contributed by atoms with E-state index in [1.165, 1.54) is 18.4 Å². The molecule has 36 heavy (non-hydrogen) atoms. The van der Waals surface area contributed by atoms with Gasteiger partial charge in [-0.25, -0.2) is 0 Å². The van der Waals surface area contributed by atoms with Gasteiger partial charge in [-0.3, -0.25) is 15.3 Å². The molecule has 0 bridgehead atoms. The normalized spacial score (nSPS) is 18.5. The number of aliphatic imine (C=N–C) groups is 1. The van der Waals surface area contributed by atoms with Crippen molar-refractivity contribution in [1.29, 1.82) is 0 Å². The summed E-state index contributed by atoms with van der Waals surface area (Å²) in [6, 6.07) is 20.4. The van der Waals surface area contributed by atoms with E-state index in [2.05, 4.69) is 36.3 Å². The van der Waals surface area contributed by atoms with Gasteiger partial charge in [0.25, 0.3) is 0 Å². The maximum absolute atomic E-state index is 5.94. The molecule has 1 saturated carbocycles. The number of benzene rings is 3. The third kappa shape index (κ3) is 4.99. The number of hydroxylamine groups is 1. The molecule has 3 aromatic rings. The quantitative estimate of drug-likeness (QED) is 0.339. The Morgan fingerprint density at radius 2 is 1.67 bits per heavy atom. The van der Waals surface area contributed by atoms with Crippen LogP contribution < -0.4 is 15.0 Å². The van der Waals surface area contributed by atoms with Crippen LogP contribution in [0.15, 0.2) is 72.2 Å². The standard InChI is InChI=1S/C30H31ClN2O3/c1-19(33-36-18-20-8-14-23(31)15-9-20)21-10-12-22(13-11-21)30-26-17-29(35-3)28(34-2)16-25(26)24-6-4-5-7-27(24)32-30/h8-17,24,27,33H,1,4-7,18H2,2-3H3/t24-,27-/m1/s1. The molecule has 0 spiro atoms. The highest BCUT2D eigenvalue weighted by Crippen LogP contribution is 2.44. The molecule has 1 aliphatic heterocycles. The second-order valence-electron chi connectivity index (χ2n) is 9.30. The number of nitrogens with one attached hydrogen (secondary N) is 1. The molecular formula is C30H31ClN2O3. The minimum Gasteiger partial charge on any atom is -0.493 e. The maximum atomic E-state index is 5.94. The molecule has 5 nitrogen and oxygen atoms in total. The van der Waals surface area contributed by atoms with Crippen molar-refractivity contribution < 1.29 is 14.3 Å². The molecule has 1 N–H and O–H groups in total. The molecule has 0 amide bonds. The molecule has 2 aliphatic rings. The number of rotatable bonds is 8. The van der Waals surface area contributed by atoms with Gasteiger partial charge in [-0.15, -0.1) is 0 Å². The summed E-state index contributed by atoms with van der Waals surface area (Å²) in [5, 5.41) is 0.706. The van der Waals surface area contributed by atoms with E-state index in [1.807, 2.05) is 36.4 Å². The second kappa shape index (κ2) is 10.8. The molecule has 0 radical (unpaired) electrons. The van der Waals surface area contributed by atoms with Crippen molar-refractivity contribution >= 4 is 23.0 Å². The highest BCUT2D eigenvalue weighted by Gasteiger charge is 2.34. The summed E-state index contributed by atoms with van der Waals surface area (Å²) in [5.41, 5.74) is 10.2. The predicted molar refractivity (Wildman–Crippen MR) is 145 cm³/mol. The minimum atomic E-state index is 0.303. The highest BCUT2D eigenvalue weighted by molar-refractivity contribution is 6.30. The van der Waals surface area contributed by atoms with Crippen molar-refractivity contribution in [2.24, 2.45) is 4.99 Å². The Balaban J connectivity index is 1.36. The zero-order valence-corrected chi connectivity index (χ0v) is 21.5. The number of ether oxygens (including phenoxy) is 2. The molecule has 2 atom stereocenters. The zero-order valence-electron chi connectivity index (χ0n) is 20.7. The first-order valence-corrected chi connectivity index (χ1v) is 12.7. The van der Waals surface area contributed by atoms with Crippen LogP contribution in [0.1, 0.15) is 59.4 Å². The van der Waals surface area contributed by atoms with Gasteiger partial charge in [0.2, 0.25) is 0 Å². The van der Waals surface area contributed by atoms with Crippen molar-refractivity contribution in [2.45, 2.75) is 44.2 Å². The summed E-state index contributed by atoms with van der Waals surface area (Å²) in [7, 11) is 3.37. The highest BCUT2D eigenvalue weighted by atomic mass is 35.5. The lowest BCUT2D eigenvalue weighted by Gasteiger charge is -2.35. The topological polar surface area (TPSA) is 52.1 Å². The van der Waals surface area contributed by atoms with Crippen LogP contribution in [0.25, 0.3) is 5.70 Å². The maximum Gasteiger partial charge on any atom is 0.161 e. The number of hydrogen-bond donors (Lipinski definition) is 1. The van der Waals surface area contributed by atoms with Gasteiger partial charge >= 0.3 is 0 Å². The molecule has 3 aromatic carbocycles. The molecular weight excluding hydrogens is 472 g/mol. The smallest absolute Gasteiger partial charge is 0.161 e. The predicted octanol–water partition coefficient (Wildman–Crippen LogP) is 6.93. The van der Waals surface area contributed by atoms with Gasteiger partial charge in [0.05, 0.1) is 38.3 Å². The van der Waals surface area contributed by atoms with Crippen LogP contribution in [0.2, 0.25) is 5.02 Å². The van der Waals surface area contributed by atoms with Gasteiger partial charge in [0, 0.05) is 22.1 Å². The summed E-state index contributed by atoms with van der Waals surface area (Å²) in [5.74, 6) is 1.93. The van der Waals surface area contributed by atoms with Gasteiger partial charge in [0.1, 0.15) is 0 Å². The molecule has 0 unspecified atom stereocenters. The van der Waals surface area contributed by atoms with E-state index >= 15 is 0 Å². The van der Waals surface area contributed by atoms with Gasteiger partial charge in [-0.1, -0.05) is 67.4 Å². The average molecular weight is 503 g/mol. The first kappa shape index (κ1) is 24.4. The van der Waals surface area contributed by atoms with Crippen LogP contribution in [-0.2, 0) is 11.4 Å². The Labute approximate surface area is 217 Å². The average Bonchev–Trinajstić information content (AvgIpc) is 2.93. The Hall–Kier alpha value is -3.28. The summed E-state index contributed by atoms with van der Waals surface area (Å²) in [6.45, 7) is 4.54. The Morgan fingerprint density at radius 1 is 0.972 bits per heavy atom. The van der Waals surface area contributed by atoms with Crippen LogP contribution in [0, 0.1) is 0 Å². The van der Waals surface area contributed by atoms with Gasteiger partial charge in [-0.05, 0) is 53.8 Å². The molecule has 6 heteroatoms. The lowest BCUT2D eigenvalue weighted by atomic mass is 9.75. The number of halogens is 1. The number of methoxy groups -OCH3 is 2. The SMILES string of the molecule is C=C(NOCc1ccc(Cl)cc1)c1ccc(C2=N[C@@H]3CCCC[C@@H]3c3cc(OC)c(OC)cc32)cc1. The monoisotopic (exact) mass is 502 g/mol. The van der Waals surface area contributed by atoms with Crippen LogP contribution in [-0.4, -0.2) is 26.0 Å². The fourth-order valence-corrected chi connectivity index (χ4v) is 5.30. The van der Waals surface area contributed by atoms with Crippen LogP contribution in [0.3, 0.4) is 0 Å². The van der Waals surface area contributed by atoms with E-state index in [0.717, 1.165) is 52.3 Å². The third-order valence-electron chi connectivity index (χ3n) is 7.09. The molecule has 1 heterocycles. The lowest BCUT2D eigenvalue weighted by Crippen LogP contribution is -2.29. The molecule has 1 fully saturated rings. The zero-order chi connectivity index (χ0) is 25.1. The van der Waals surface area contributed by atoms with E-state index in [0.29, 0.717) is 29.3 Å². The first-order chi connectivity index (χ1) is 17.6. The van der Waals surface area contributed by atoms with E-state index in [4.69, 9.17) is 30.9 Å². The van der Waals surface area contributed by atoms with Crippen molar-refractivity contribution in [3.63, 3.8) is 0 Å². The molecule has 1 aliphatic carbocycles. The van der Waals surface area contributed by atoms with Crippen molar-refractivity contribution in [3.8, 4) is 11.5 Å². The van der Waals surface area contributed by atoms with E-state index in [1.54, 1.807) is 14.2 Å². The van der Waals surface area contributed by atoms with E-state index in [9.17, 15) is 0 Å². The van der Waals surface area contributed by atoms with Crippen molar-refractivity contribution in [1.82, 2.24) is 5.48 Å². The molecule has 0 saturated heterocycles. The lowest BCUT2D eigenvalue weighted by molar-refractivity contribution is 0.0648. The van der Waals surface area contributed by atoms with Crippen LogP contribution >= 0.6 is 11.6 Å². The summed E-state index contributed by atoms with van der Waals surface area (Å²) in [4.78, 5) is 10.9. The summed E-state index contributed by atoms with van der Waals surface area (Å²) >= 11 is 5.94. The number of hydrogen-bond acceptors (Lipinski definition) is 5. The Bertz CT molecular complexity index is 1270. The van der Waals surface area contributed by atoms with Gasteiger partial charge in [0.15, 0.2) is 11.5 Å². The fourth-order valence-electron chi connectivity index (χ4n) is 5.18. The molecule has 5 rings (SSSR count). The second-order valence-corrected chi connectivity index (χ2v) is 9.74. The number of nitrogens with zero attached hydrogens (tertiary/aromatic N) is 1. The summed E-state index contributed by atoms with van der Waals surface area (Å²) in [6.07, 6.45) is 4.74. The van der Waals surface area contributed by atoms with Gasteiger partial charge in [-0.2, -0.15) is 0 Å². The van der Waals surface area contributed by atoms with Gasteiger partial charge < -0.3 is 9.47 Å². The van der Waals surface area contributed by atoms with Crippen LogP contribution in [0.5, 0.6) is 11.5 Å². The minimum absolute atomic E-state index is 0.303. The van der Waals surface area contributed by atoms with Crippen molar-refractivity contribution in [2.75, 3.05) is 14.2 Å². The number of fused-ring (bicyclic) bond motifs is 3. The molecule has 186 valence electrons. The fraction of sp³-hybridized carbons (Fsp3) is 0.300. The summed E-state index contributed by atoms with van der Waals surface area (Å²) < 4.78 is 11.3. The third-order valence-corrected chi connectivity index (χ3v) is 7.34. The first-order valence-electron chi connectivity index (χ1n) is 12.3. The van der Waals surface area contributed by atoms with Crippen LogP contribution in [0.4, 0.5) is 0 Å². The van der Waals surface area contributed by atoms with Crippen molar-refractivity contribution in [3.05, 3.63) is 100 Å². The van der Waals surface area contributed by atoms with E-state index in [-0.39, 0.29) is 0 Å². The largest absolute Gasteiger partial charge is 0.493 e. The molecule has 0 aromatic heterocycles. The van der Waals surface area contributed by atoms with E-state index < -0.39 is 0 Å². The Kier molecular flexibility index (Phi) is 7.30.